The van der Waals surface area contributed by atoms with Crippen LogP contribution in [0.25, 0.3) is 11.1 Å². The Kier molecular flexibility index (Phi) is 5.35. The Hall–Kier alpha value is -2.70. The minimum atomic E-state index is -0.478. The summed E-state index contributed by atoms with van der Waals surface area (Å²) in [7, 11) is 0. The number of rotatable bonds is 3. The number of amides is 1. The third kappa shape index (κ3) is 4.91. The van der Waals surface area contributed by atoms with E-state index in [-0.39, 0.29) is 12.2 Å². The van der Waals surface area contributed by atoms with Crippen LogP contribution >= 0.6 is 0 Å². The van der Waals surface area contributed by atoms with E-state index in [0.29, 0.717) is 19.1 Å². The van der Waals surface area contributed by atoms with E-state index in [1.807, 2.05) is 32.9 Å². The van der Waals surface area contributed by atoms with Crippen LogP contribution in [0.3, 0.4) is 0 Å². The van der Waals surface area contributed by atoms with Crippen LogP contribution in [0.1, 0.15) is 33.6 Å². The lowest BCUT2D eigenvalue weighted by Gasteiger charge is -2.33. The Morgan fingerprint density at radius 2 is 1.81 bits per heavy atom. The van der Waals surface area contributed by atoms with Crippen molar-refractivity contribution in [3.8, 4) is 17.1 Å². The lowest BCUT2D eigenvalue weighted by atomic mass is 10.1. The van der Waals surface area contributed by atoms with E-state index in [4.69, 9.17) is 9.47 Å². The number of carbonyl (C=O) groups excluding carboxylic acids is 1. The van der Waals surface area contributed by atoms with Crippen LogP contribution in [0.2, 0.25) is 0 Å². The standard InChI is InChI=1S/C19H24N4O3/c1-19(2,3)26-18(24)23-9-6-16(7-10-23)25-17-21-12-15(13-22-17)14-5-4-8-20-11-14/h4-5,8,11-13,16H,6-7,9-10H2,1-3H3. The van der Waals surface area contributed by atoms with Crippen LogP contribution in [0.4, 0.5) is 4.79 Å². The van der Waals surface area contributed by atoms with Crippen LogP contribution in [-0.4, -0.2) is 50.7 Å². The normalized spacial score (nSPS) is 15.6. The molecule has 138 valence electrons. The van der Waals surface area contributed by atoms with Gasteiger partial charge in [0.15, 0.2) is 0 Å². The highest BCUT2D eigenvalue weighted by Crippen LogP contribution is 2.20. The van der Waals surface area contributed by atoms with E-state index in [1.54, 1.807) is 29.7 Å². The van der Waals surface area contributed by atoms with Crippen molar-refractivity contribution in [2.75, 3.05) is 13.1 Å². The fraction of sp³-hybridized carbons (Fsp3) is 0.474. The molecule has 1 aliphatic rings. The van der Waals surface area contributed by atoms with Gasteiger partial charge in [0.25, 0.3) is 0 Å². The average Bonchev–Trinajstić information content (AvgIpc) is 2.62. The zero-order valence-electron chi connectivity index (χ0n) is 15.4. The van der Waals surface area contributed by atoms with Gasteiger partial charge in [0.05, 0.1) is 0 Å². The van der Waals surface area contributed by atoms with Gasteiger partial charge in [-0.25, -0.2) is 14.8 Å². The smallest absolute Gasteiger partial charge is 0.410 e. The summed E-state index contributed by atoms with van der Waals surface area (Å²) >= 11 is 0. The molecule has 0 radical (unpaired) electrons. The second-order valence-electron chi connectivity index (χ2n) is 7.28. The van der Waals surface area contributed by atoms with Crippen LogP contribution in [0.15, 0.2) is 36.9 Å². The number of likely N-dealkylation sites (tertiary alicyclic amines) is 1. The van der Waals surface area contributed by atoms with E-state index in [2.05, 4.69) is 15.0 Å². The fourth-order valence-corrected chi connectivity index (χ4v) is 2.69. The molecule has 3 rings (SSSR count). The highest BCUT2D eigenvalue weighted by atomic mass is 16.6. The fourth-order valence-electron chi connectivity index (χ4n) is 2.69. The van der Waals surface area contributed by atoms with Crippen molar-refractivity contribution in [3.63, 3.8) is 0 Å². The number of pyridine rings is 1. The van der Waals surface area contributed by atoms with Gasteiger partial charge >= 0.3 is 12.1 Å². The van der Waals surface area contributed by atoms with Crippen LogP contribution in [0, 0.1) is 0 Å². The largest absolute Gasteiger partial charge is 0.460 e. The second-order valence-corrected chi connectivity index (χ2v) is 7.28. The van der Waals surface area contributed by atoms with Gasteiger partial charge in [0, 0.05) is 61.8 Å². The van der Waals surface area contributed by atoms with Gasteiger partial charge in [0.1, 0.15) is 11.7 Å². The second kappa shape index (κ2) is 7.68. The first-order chi connectivity index (χ1) is 12.4. The van der Waals surface area contributed by atoms with Gasteiger partial charge in [0.2, 0.25) is 0 Å². The van der Waals surface area contributed by atoms with Crippen LogP contribution < -0.4 is 4.74 Å². The summed E-state index contributed by atoms with van der Waals surface area (Å²) in [6.45, 7) is 6.81. The number of piperidine rings is 1. The molecule has 0 unspecified atom stereocenters. The summed E-state index contributed by atoms with van der Waals surface area (Å²) in [5.74, 6) is 0. The lowest BCUT2D eigenvalue weighted by Crippen LogP contribution is -2.44. The van der Waals surface area contributed by atoms with E-state index in [1.165, 1.54) is 0 Å². The SMILES string of the molecule is CC(C)(C)OC(=O)N1CCC(Oc2ncc(-c3cccnc3)cn2)CC1. The molecular weight excluding hydrogens is 332 g/mol. The molecule has 0 spiro atoms. The quantitative estimate of drug-likeness (QED) is 0.839. The zero-order chi connectivity index (χ0) is 18.6. The third-order valence-corrected chi connectivity index (χ3v) is 3.99. The zero-order valence-corrected chi connectivity index (χ0v) is 15.4. The molecule has 7 heteroatoms. The van der Waals surface area contributed by atoms with Crippen molar-refractivity contribution in [1.82, 2.24) is 19.9 Å². The number of carbonyl (C=O) groups is 1. The minimum Gasteiger partial charge on any atom is -0.460 e. The molecule has 26 heavy (non-hydrogen) atoms. The molecule has 1 aliphatic heterocycles. The highest BCUT2D eigenvalue weighted by molar-refractivity contribution is 5.68. The minimum absolute atomic E-state index is 0.00192. The van der Waals surface area contributed by atoms with E-state index in [9.17, 15) is 4.79 Å². The summed E-state index contributed by atoms with van der Waals surface area (Å²) in [5.41, 5.74) is 1.38. The third-order valence-electron chi connectivity index (χ3n) is 3.99. The number of aromatic nitrogens is 3. The summed E-state index contributed by atoms with van der Waals surface area (Å²) in [5, 5.41) is 0. The predicted octanol–water partition coefficient (Wildman–Crippen LogP) is 3.32. The number of nitrogens with zero attached hydrogens (tertiary/aromatic N) is 4. The first-order valence-corrected chi connectivity index (χ1v) is 8.78. The maximum absolute atomic E-state index is 12.1. The highest BCUT2D eigenvalue weighted by Gasteiger charge is 2.27. The van der Waals surface area contributed by atoms with Crippen molar-refractivity contribution in [3.05, 3.63) is 36.9 Å². The van der Waals surface area contributed by atoms with Gasteiger partial charge in [-0.3, -0.25) is 4.98 Å². The Balaban J connectivity index is 1.51. The van der Waals surface area contributed by atoms with Gasteiger partial charge in [-0.2, -0.15) is 0 Å². The molecular formula is C19H24N4O3. The summed E-state index contributed by atoms with van der Waals surface area (Å²) in [6, 6.07) is 4.19. The summed E-state index contributed by atoms with van der Waals surface area (Å²) in [6.07, 6.45) is 8.15. The van der Waals surface area contributed by atoms with Crippen molar-refractivity contribution in [2.45, 2.75) is 45.3 Å². The van der Waals surface area contributed by atoms with Gasteiger partial charge in [-0.15, -0.1) is 0 Å². The van der Waals surface area contributed by atoms with E-state index < -0.39 is 5.60 Å². The molecule has 0 aromatic carbocycles. The Labute approximate surface area is 153 Å². The molecule has 0 aliphatic carbocycles. The number of hydrogen-bond donors (Lipinski definition) is 0. The van der Waals surface area contributed by atoms with Crippen molar-refractivity contribution in [1.29, 1.82) is 0 Å². The van der Waals surface area contributed by atoms with Crippen LogP contribution in [-0.2, 0) is 4.74 Å². The molecule has 1 amide bonds. The van der Waals surface area contributed by atoms with E-state index in [0.717, 1.165) is 24.0 Å². The molecule has 7 nitrogen and oxygen atoms in total. The lowest BCUT2D eigenvalue weighted by molar-refractivity contribution is 0.0119. The topological polar surface area (TPSA) is 77.4 Å². The first kappa shape index (κ1) is 18.1. The summed E-state index contributed by atoms with van der Waals surface area (Å²) < 4.78 is 11.3. The Morgan fingerprint density at radius 3 is 2.38 bits per heavy atom. The Morgan fingerprint density at radius 1 is 1.12 bits per heavy atom. The summed E-state index contributed by atoms with van der Waals surface area (Å²) in [4.78, 5) is 26.5. The predicted molar refractivity (Wildman–Crippen MR) is 96.7 cm³/mol. The van der Waals surface area contributed by atoms with Gasteiger partial charge < -0.3 is 14.4 Å². The molecule has 2 aromatic heterocycles. The molecule has 1 saturated heterocycles. The maximum atomic E-state index is 12.1. The molecule has 0 atom stereocenters. The number of hydrogen-bond acceptors (Lipinski definition) is 6. The first-order valence-electron chi connectivity index (χ1n) is 8.78. The van der Waals surface area contributed by atoms with Crippen molar-refractivity contribution in [2.24, 2.45) is 0 Å². The van der Waals surface area contributed by atoms with Crippen molar-refractivity contribution < 1.29 is 14.3 Å². The monoisotopic (exact) mass is 356 g/mol. The average molecular weight is 356 g/mol. The van der Waals surface area contributed by atoms with Gasteiger partial charge in [-0.1, -0.05) is 6.07 Å². The Bertz CT molecular complexity index is 721. The molecule has 3 heterocycles. The molecule has 1 fully saturated rings. The van der Waals surface area contributed by atoms with Crippen molar-refractivity contribution >= 4 is 6.09 Å². The molecule has 0 bridgehead atoms. The van der Waals surface area contributed by atoms with Crippen LogP contribution in [0.5, 0.6) is 6.01 Å². The molecule has 0 N–H and O–H groups in total. The molecule has 0 saturated carbocycles. The maximum Gasteiger partial charge on any atom is 0.410 e. The van der Waals surface area contributed by atoms with E-state index >= 15 is 0 Å². The molecule has 2 aromatic rings. The van der Waals surface area contributed by atoms with Gasteiger partial charge in [-0.05, 0) is 26.8 Å². The number of ether oxygens (including phenoxy) is 2.